The largest absolute Gasteiger partial charge is 0.456 e. The third kappa shape index (κ3) is 3.67. The van der Waals surface area contributed by atoms with E-state index in [2.05, 4.69) is 10.6 Å². The Morgan fingerprint density at radius 1 is 0.914 bits per heavy atom. The highest BCUT2D eigenvalue weighted by molar-refractivity contribution is 5.97. The molecule has 0 radical (unpaired) electrons. The Labute approximate surface area is 202 Å². The molecular formula is C27H24N2O6. The van der Waals surface area contributed by atoms with Crippen LogP contribution in [0.5, 0.6) is 11.5 Å². The molecule has 2 heterocycles. The van der Waals surface area contributed by atoms with Crippen molar-refractivity contribution in [2.45, 2.75) is 26.4 Å². The fourth-order valence-corrected chi connectivity index (χ4v) is 4.40. The zero-order valence-corrected chi connectivity index (χ0v) is 19.5. The highest BCUT2D eigenvalue weighted by Gasteiger charge is 2.53. The molecule has 2 amide bonds. The molecule has 8 nitrogen and oxygen atoms in total. The molecule has 35 heavy (non-hydrogen) atoms. The molecule has 0 aliphatic carbocycles. The molecule has 0 saturated heterocycles. The number of carbonyl (C=O) groups is 3. The summed E-state index contributed by atoms with van der Waals surface area (Å²) >= 11 is 0. The molecule has 0 fully saturated rings. The average Bonchev–Trinajstić information content (AvgIpc) is 3.12. The van der Waals surface area contributed by atoms with Crippen molar-refractivity contribution in [3.63, 3.8) is 0 Å². The molecule has 1 spiro atoms. The predicted molar refractivity (Wildman–Crippen MR) is 129 cm³/mol. The zero-order valence-electron chi connectivity index (χ0n) is 19.5. The smallest absolute Gasteiger partial charge is 0.411 e. The number of fused-ring (bicyclic) bond motifs is 6. The molecule has 2 N–H and O–H groups in total. The molecule has 0 bridgehead atoms. The van der Waals surface area contributed by atoms with Gasteiger partial charge < -0.3 is 19.5 Å². The minimum Gasteiger partial charge on any atom is -0.456 e. The van der Waals surface area contributed by atoms with E-state index in [1.807, 2.05) is 26.0 Å². The Kier molecular flexibility index (Phi) is 5.43. The number of carbonyl (C=O) groups excluding carboxylic acids is 3. The normalized spacial score (nSPS) is 17.1. The van der Waals surface area contributed by atoms with Crippen molar-refractivity contribution in [2.75, 3.05) is 17.2 Å². The molecule has 0 saturated carbocycles. The molecule has 8 heteroatoms. The molecule has 178 valence electrons. The predicted octanol–water partition coefficient (Wildman–Crippen LogP) is 5.42. The summed E-state index contributed by atoms with van der Waals surface area (Å²) in [5.74, 6) is 0.0680. The summed E-state index contributed by atoms with van der Waals surface area (Å²) in [6.07, 6.45) is -0.588. The van der Waals surface area contributed by atoms with Crippen LogP contribution in [-0.2, 0) is 19.9 Å². The van der Waals surface area contributed by atoms with Crippen molar-refractivity contribution < 1.29 is 28.6 Å². The van der Waals surface area contributed by atoms with E-state index in [0.29, 0.717) is 45.1 Å². The van der Waals surface area contributed by atoms with E-state index in [4.69, 9.17) is 14.2 Å². The van der Waals surface area contributed by atoms with E-state index >= 15 is 0 Å². The van der Waals surface area contributed by atoms with E-state index in [-0.39, 0.29) is 18.4 Å². The number of amides is 2. The van der Waals surface area contributed by atoms with Gasteiger partial charge in [-0.25, -0.2) is 9.59 Å². The van der Waals surface area contributed by atoms with Crippen molar-refractivity contribution in [1.29, 1.82) is 0 Å². The molecule has 3 aromatic carbocycles. The van der Waals surface area contributed by atoms with Crippen LogP contribution in [0.1, 0.15) is 47.8 Å². The van der Waals surface area contributed by atoms with Gasteiger partial charge in [-0.15, -0.1) is 0 Å². The Balaban J connectivity index is 1.66. The van der Waals surface area contributed by atoms with Gasteiger partial charge in [0, 0.05) is 46.1 Å². The van der Waals surface area contributed by atoms with Gasteiger partial charge >= 0.3 is 12.1 Å². The fourth-order valence-electron chi connectivity index (χ4n) is 4.40. The van der Waals surface area contributed by atoms with E-state index in [1.54, 1.807) is 55.5 Å². The first-order chi connectivity index (χ1) is 16.8. The van der Waals surface area contributed by atoms with Gasteiger partial charge in [0.25, 0.3) is 0 Å². The first-order valence-corrected chi connectivity index (χ1v) is 11.4. The van der Waals surface area contributed by atoms with Crippen LogP contribution in [0.4, 0.5) is 16.2 Å². The SMILES string of the molecule is CCOC(=O)Nc1ccc2c(c1)Oc1cc(NC(=O)C(C)C)ccc1C21OC(=O)c2ccccc21. The summed E-state index contributed by atoms with van der Waals surface area (Å²) in [5, 5.41) is 5.54. The molecule has 0 aromatic heterocycles. The molecule has 2 aliphatic rings. The standard InChI is InChI=1S/C27H24N2O6/c1-4-33-26(32)29-17-10-12-21-23(14-17)34-22-13-16(28-24(30)15(2)3)9-11-20(22)27(21)19-8-6-5-7-18(19)25(31)35-27/h5-15H,4H2,1-3H3,(H,28,30)(H,29,32). The minimum absolute atomic E-state index is 0.130. The van der Waals surface area contributed by atoms with Gasteiger partial charge in [-0.3, -0.25) is 10.1 Å². The van der Waals surface area contributed by atoms with Crippen LogP contribution in [-0.4, -0.2) is 24.6 Å². The summed E-state index contributed by atoms with van der Waals surface area (Å²) in [6.45, 7) is 5.57. The lowest BCUT2D eigenvalue weighted by atomic mass is 9.77. The van der Waals surface area contributed by atoms with Crippen LogP contribution in [0.2, 0.25) is 0 Å². The molecule has 3 aromatic rings. The van der Waals surface area contributed by atoms with Gasteiger partial charge in [-0.05, 0) is 37.3 Å². The second-order valence-electron chi connectivity index (χ2n) is 8.63. The zero-order chi connectivity index (χ0) is 24.7. The van der Waals surface area contributed by atoms with E-state index < -0.39 is 17.7 Å². The van der Waals surface area contributed by atoms with E-state index in [9.17, 15) is 14.4 Å². The maximum atomic E-state index is 12.9. The van der Waals surface area contributed by atoms with Crippen LogP contribution in [0.15, 0.2) is 60.7 Å². The lowest BCUT2D eigenvalue weighted by molar-refractivity contribution is -0.118. The average molecular weight is 472 g/mol. The number of benzene rings is 3. The summed E-state index contributed by atoms with van der Waals surface area (Å²) in [4.78, 5) is 37.2. The second-order valence-corrected chi connectivity index (χ2v) is 8.63. The first-order valence-electron chi connectivity index (χ1n) is 11.4. The van der Waals surface area contributed by atoms with Crippen LogP contribution < -0.4 is 15.4 Å². The fraction of sp³-hybridized carbons (Fsp3) is 0.222. The van der Waals surface area contributed by atoms with Gasteiger partial charge in [0.05, 0.1) is 12.2 Å². The van der Waals surface area contributed by atoms with Crippen molar-refractivity contribution in [3.8, 4) is 11.5 Å². The highest BCUT2D eigenvalue weighted by Crippen LogP contribution is 2.56. The van der Waals surface area contributed by atoms with Gasteiger partial charge in [0.1, 0.15) is 11.5 Å². The maximum absolute atomic E-state index is 12.9. The summed E-state index contributed by atoms with van der Waals surface area (Å²) in [6, 6.07) is 17.6. The molecular weight excluding hydrogens is 448 g/mol. The molecule has 2 aliphatic heterocycles. The number of anilines is 2. The van der Waals surface area contributed by atoms with Crippen LogP contribution >= 0.6 is 0 Å². The summed E-state index contributed by atoms with van der Waals surface area (Å²) in [7, 11) is 0. The number of esters is 1. The van der Waals surface area contributed by atoms with Gasteiger partial charge in [-0.1, -0.05) is 32.0 Å². The highest BCUT2D eigenvalue weighted by atomic mass is 16.6. The first kappa shape index (κ1) is 22.5. The minimum atomic E-state index is -1.24. The Bertz CT molecular complexity index is 1370. The maximum Gasteiger partial charge on any atom is 0.411 e. The third-order valence-electron chi connectivity index (χ3n) is 6.03. The second kappa shape index (κ2) is 8.47. The Hall–Kier alpha value is -4.33. The molecule has 1 atom stereocenters. The molecule has 1 unspecified atom stereocenters. The van der Waals surface area contributed by atoms with Gasteiger partial charge in [-0.2, -0.15) is 0 Å². The lowest BCUT2D eigenvalue weighted by Crippen LogP contribution is -2.33. The number of ether oxygens (including phenoxy) is 3. The van der Waals surface area contributed by atoms with Crippen LogP contribution in [0, 0.1) is 5.92 Å². The number of nitrogens with one attached hydrogen (secondary N) is 2. The molecule has 5 rings (SSSR count). The van der Waals surface area contributed by atoms with Crippen molar-refractivity contribution in [3.05, 3.63) is 82.9 Å². The van der Waals surface area contributed by atoms with Gasteiger partial charge in [0.2, 0.25) is 5.91 Å². The number of hydrogen-bond donors (Lipinski definition) is 2. The van der Waals surface area contributed by atoms with Crippen molar-refractivity contribution >= 4 is 29.3 Å². The Morgan fingerprint density at radius 3 is 2.17 bits per heavy atom. The topological polar surface area (TPSA) is 103 Å². The lowest BCUT2D eigenvalue weighted by Gasteiger charge is -2.36. The Morgan fingerprint density at radius 2 is 1.54 bits per heavy atom. The third-order valence-corrected chi connectivity index (χ3v) is 6.03. The van der Waals surface area contributed by atoms with Crippen molar-refractivity contribution in [1.82, 2.24) is 0 Å². The quantitative estimate of drug-likeness (QED) is 0.492. The van der Waals surface area contributed by atoms with Crippen molar-refractivity contribution in [2.24, 2.45) is 5.92 Å². The van der Waals surface area contributed by atoms with Crippen LogP contribution in [0.3, 0.4) is 0 Å². The number of hydrogen-bond acceptors (Lipinski definition) is 6. The van der Waals surface area contributed by atoms with Crippen LogP contribution in [0.25, 0.3) is 0 Å². The number of rotatable bonds is 4. The van der Waals surface area contributed by atoms with E-state index in [0.717, 1.165) is 0 Å². The van der Waals surface area contributed by atoms with Gasteiger partial charge in [0.15, 0.2) is 5.60 Å². The summed E-state index contributed by atoms with van der Waals surface area (Å²) < 4.78 is 17.3. The summed E-state index contributed by atoms with van der Waals surface area (Å²) in [5.41, 5.74) is 2.20. The van der Waals surface area contributed by atoms with E-state index in [1.165, 1.54) is 0 Å². The monoisotopic (exact) mass is 472 g/mol.